The lowest BCUT2D eigenvalue weighted by atomic mass is 10.1. The van der Waals surface area contributed by atoms with Crippen LogP contribution in [0.5, 0.6) is 5.75 Å². The highest BCUT2D eigenvalue weighted by atomic mass is 35.5. The average molecular weight is 279 g/mol. The van der Waals surface area contributed by atoms with Crippen molar-refractivity contribution in [3.63, 3.8) is 0 Å². The van der Waals surface area contributed by atoms with Gasteiger partial charge >= 0.3 is 0 Å². The van der Waals surface area contributed by atoms with Gasteiger partial charge in [0.1, 0.15) is 24.0 Å². The molecule has 5 heteroatoms. The molecule has 0 radical (unpaired) electrons. The molecule has 0 spiro atoms. The smallest absolute Gasteiger partial charge is 0.130 e. The van der Waals surface area contributed by atoms with Crippen LogP contribution in [0, 0.1) is 11.2 Å². The molecular weight excluding hydrogens is 267 g/mol. The minimum atomic E-state index is -0.463. The first-order chi connectivity index (χ1) is 9.08. The van der Waals surface area contributed by atoms with Crippen LogP contribution < -0.4 is 10.5 Å². The Balaban J connectivity index is 2.20. The third kappa shape index (κ3) is 3.23. The number of nitrogen functional groups attached to an aromatic ring is 1. The predicted molar refractivity (Wildman–Crippen MR) is 73.2 cm³/mol. The molecule has 0 unspecified atom stereocenters. The van der Waals surface area contributed by atoms with E-state index in [9.17, 15) is 4.39 Å². The van der Waals surface area contributed by atoms with Crippen molar-refractivity contribution in [3.8, 4) is 5.75 Å². The number of nitrogens with two attached hydrogens (primary N) is 1. The third-order valence-corrected chi connectivity index (χ3v) is 2.94. The summed E-state index contributed by atoms with van der Waals surface area (Å²) in [5.74, 6) is -0.349. The lowest BCUT2D eigenvalue weighted by molar-refractivity contribution is 0.305. The summed E-state index contributed by atoms with van der Waals surface area (Å²) >= 11 is 6.01. The summed E-state index contributed by atoms with van der Waals surface area (Å²) in [6.45, 7) is 0.228. The van der Waals surface area contributed by atoms with Crippen molar-refractivity contribution in [3.05, 3.63) is 64.4 Å². The van der Waals surface area contributed by atoms with E-state index in [1.165, 1.54) is 18.2 Å². The zero-order chi connectivity index (χ0) is 13.8. The molecule has 0 bridgehead atoms. The van der Waals surface area contributed by atoms with Gasteiger partial charge in [-0.05, 0) is 24.3 Å². The highest BCUT2D eigenvalue weighted by molar-refractivity contribution is 6.31. The number of nitrogens with one attached hydrogen (secondary N) is 1. The first-order valence-electron chi connectivity index (χ1n) is 5.58. The van der Waals surface area contributed by atoms with Gasteiger partial charge in [-0.15, -0.1) is 0 Å². The summed E-state index contributed by atoms with van der Waals surface area (Å²) in [6.07, 6.45) is 0. The summed E-state index contributed by atoms with van der Waals surface area (Å²) in [5.41, 5.74) is 6.43. The van der Waals surface area contributed by atoms with Gasteiger partial charge in [-0.2, -0.15) is 0 Å². The van der Waals surface area contributed by atoms with Crippen molar-refractivity contribution >= 4 is 17.4 Å². The minimum absolute atomic E-state index is 0.228. The van der Waals surface area contributed by atoms with Crippen molar-refractivity contribution in [1.29, 1.82) is 5.41 Å². The normalized spacial score (nSPS) is 10.2. The Labute approximate surface area is 115 Å². The summed E-state index contributed by atoms with van der Waals surface area (Å²) in [4.78, 5) is 0. The van der Waals surface area contributed by atoms with Gasteiger partial charge in [0.15, 0.2) is 0 Å². The zero-order valence-electron chi connectivity index (χ0n) is 9.99. The van der Waals surface area contributed by atoms with Crippen LogP contribution in [0.3, 0.4) is 0 Å². The average Bonchev–Trinajstić information content (AvgIpc) is 2.38. The molecule has 2 rings (SSSR count). The molecule has 3 nitrogen and oxygen atoms in total. The van der Waals surface area contributed by atoms with Crippen LogP contribution in [0.15, 0.2) is 42.5 Å². The molecule has 0 atom stereocenters. The molecule has 19 heavy (non-hydrogen) atoms. The summed E-state index contributed by atoms with van der Waals surface area (Å²) in [7, 11) is 0. The van der Waals surface area contributed by atoms with E-state index in [0.29, 0.717) is 10.8 Å². The maximum absolute atomic E-state index is 13.1. The number of amidine groups is 1. The molecule has 0 saturated heterocycles. The van der Waals surface area contributed by atoms with Crippen molar-refractivity contribution in [2.24, 2.45) is 5.73 Å². The number of benzene rings is 2. The van der Waals surface area contributed by atoms with Gasteiger partial charge in [-0.25, -0.2) is 4.39 Å². The van der Waals surface area contributed by atoms with E-state index in [4.69, 9.17) is 27.5 Å². The molecular formula is C14H12ClFN2O. The Kier molecular flexibility index (Phi) is 4.02. The van der Waals surface area contributed by atoms with Gasteiger partial charge in [0.25, 0.3) is 0 Å². The fraction of sp³-hybridized carbons (Fsp3) is 0.0714. The lowest BCUT2D eigenvalue weighted by Gasteiger charge is -2.11. The van der Waals surface area contributed by atoms with Crippen LogP contribution >= 0.6 is 11.6 Å². The molecule has 0 fully saturated rings. The van der Waals surface area contributed by atoms with Crippen LogP contribution in [-0.2, 0) is 6.61 Å². The standard InChI is InChI=1S/C14H12ClFN2O/c15-12-4-2-1-3-9(12)8-19-13-6-5-10(16)7-11(13)14(17)18/h1-7H,8H2,(H3,17,18). The number of hydrogen-bond donors (Lipinski definition) is 2. The van der Waals surface area contributed by atoms with Crippen LogP contribution in [0.4, 0.5) is 4.39 Å². The van der Waals surface area contributed by atoms with Crippen LogP contribution in [0.2, 0.25) is 5.02 Å². The number of rotatable bonds is 4. The van der Waals surface area contributed by atoms with Crippen LogP contribution in [-0.4, -0.2) is 5.84 Å². The molecule has 0 heterocycles. The maximum Gasteiger partial charge on any atom is 0.130 e. The van der Waals surface area contributed by atoms with Crippen molar-refractivity contribution in [2.45, 2.75) is 6.61 Å². The molecule has 3 N–H and O–H groups in total. The second-order valence-corrected chi connectivity index (χ2v) is 4.34. The molecule has 0 saturated carbocycles. The Hall–Kier alpha value is -2.07. The second kappa shape index (κ2) is 5.71. The maximum atomic E-state index is 13.1. The minimum Gasteiger partial charge on any atom is -0.488 e. The SMILES string of the molecule is N=C(N)c1cc(F)ccc1OCc1ccccc1Cl. The molecule has 0 amide bonds. The fourth-order valence-corrected chi connectivity index (χ4v) is 1.80. The highest BCUT2D eigenvalue weighted by Crippen LogP contribution is 2.22. The summed E-state index contributed by atoms with van der Waals surface area (Å²) in [6, 6.07) is 11.1. The molecule has 2 aromatic carbocycles. The first kappa shape index (κ1) is 13.4. The highest BCUT2D eigenvalue weighted by Gasteiger charge is 2.09. The Bertz CT molecular complexity index is 616. The van der Waals surface area contributed by atoms with E-state index in [1.54, 1.807) is 6.07 Å². The summed E-state index contributed by atoms with van der Waals surface area (Å²) in [5, 5.41) is 7.99. The van der Waals surface area contributed by atoms with Gasteiger partial charge in [0, 0.05) is 10.6 Å². The van der Waals surface area contributed by atoms with E-state index in [0.717, 1.165) is 5.56 Å². The molecule has 0 aliphatic carbocycles. The van der Waals surface area contributed by atoms with Crippen molar-refractivity contribution in [2.75, 3.05) is 0 Å². The van der Waals surface area contributed by atoms with Gasteiger partial charge in [0.2, 0.25) is 0 Å². The van der Waals surface area contributed by atoms with Crippen molar-refractivity contribution in [1.82, 2.24) is 0 Å². The molecule has 0 aliphatic heterocycles. The molecule has 98 valence electrons. The molecule has 2 aromatic rings. The van der Waals surface area contributed by atoms with E-state index >= 15 is 0 Å². The van der Waals surface area contributed by atoms with E-state index in [1.807, 2.05) is 18.2 Å². The van der Waals surface area contributed by atoms with Gasteiger partial charge < -0.3 is 10.5 Å². The number of hydrogen-bond acceptors (Lipinski definition) is 2. The van der Waals surface area contributed by atoms with E-state index in [-0.39, 0.29) is 18.0 Å². The third-order valence-electron chi connectivity index (χ3n) is 2.57. The Morgan fingerprint density at radius 2 is 2.00 bits per heavy atom. The summed E-state index contributed by atoms with van der Waals surface area (Å²) < 4.78 is 18.7. The van der Waals surface area contributed by atoms with Gasteiger partial charge in [-0.1, -0.05) is 29.8 Å². The number of halogens is 2. The quantitative estimate of drug-likeness (QED) is 0.666. The number of ether oxygens (including phenoxy) is 1. The topological polar surface area (TPSA) is 59.1 Å². The lowest BCUT2D eigenvalue weighted by Crippen LogP contribution is -2.13. The largest absolute Gasteiger partial charge is 0.488 e. The van der Waals surface area contributed by atoms with Crippen LogP contribution in [0.1, 0.15) is 11.1 Å². The predicted octanol–water partition coefficient (Wildman–Crippen LogP) is 3.34. The Morgan fingerprint density at radius 1 is 1.26 bits per heavy atom. The fourth-order valence-electron chi connectivity index (χ4n) is 1.61. The second-order valence-electron chi connectivity index (χ2n) is 3.93. The van der Waals surface area contributed by atoms with E-state index < -0.39 is 5.82 Å². The Morgan fingerprint density at radius 3 is 2.68 bits per heavy atom. The van der Waals surface area contributed by atoms with E-state index in [2.05, 4.69) is 0 Å². The monoisotopic (exact) mass is 278 g/mol. The molecule has 0 aromatic heterocycles. The van der Waals surface area contributed by atoms with Gasteiger partial charge in [0.05, 0.1) is 5.56 Å². The van der Waals surface area contributed by atoms with Crippen molar-refractivity contribution < 1.29 is 9.13 Å². The first-order valence-corrected chi connectivity index (χ1v) is 5.96. The molecule has 0 aliphatic rings. The van der Waals surface area contributed by atoms with Crippen LogP contribution in [0.25, 0.3) is 0 Å². The van der Waals surface area contributed by atoms with Gasteiger partial charge in [-0.3, -0.25) is 5.41 Å². The zero-order valence-corrected chi connectivity index (χ0v) is 10.7.